The van der Waals surface area contributed by atoms with Crippen LogP contribution < -0.4 is 16.6 Å². The van der Waals surface area contributed by atoms with Crippen molar-refractivity contribution in [3.8, 4) is 11.3 Å². The van der Waals surface area contributed by atoms with Gasteiger partial charge in [-0.05, 0) is 31.5 Å². The summed E-state index contributed by atoms with van der Waals surface area (Å²) in [4.78, 5) is 43.4. The van der Waals surface area contributed by atoms with Crippen molar-refractivity contribution in [3.05, 3.63) is 79.8 Å². The van der Waals surface area contributed by atoms with Gasteiger partial charge in [0.1, 0.15) is 0 Å². The lowest BCUT2D eigenvalue weighted by Gasteiger charge is -2.09. The summed E-state index contributed by atoms with van der Waals surface area (Å²) in [6, 6.07) is 13.0. The van der Waals surface area contributed by atoms with Crippen LogP contribution in [0.3, 0.4) is 0 Å². The molecule has 2 aromatic carbocycles. The third-order valence-corrected chi connectivity index (χ3v) is 5.63. The van der Waals surface area contributed by atoms with E-state index in [0.717, 1.165) is 16.8 Å². The fourth-order valence-electron chi connectivity index (χ4n) is 3.42. The maximum absolute atomic E-state index is 12.4. The van der Waals surface area contributed by atoms with Crippen LogP contribution >= 0.6 is 11.3 Å². The van der Waals surface area contributed by atoms with E-state index in [1.165, 1.54) is 21.5 Å². The van der Waals surface area contributed by atoms with Gasteiger partial charge in [-0.1, -0.05) is 35.9 Å². The van der Waals surface area contributed by atoms with E-state index in [0.29, 0.717) is 16.0 Å². The van der Waals surface area contributed by atoms with Crippen molar-refractivity contribution in [2.45, 2.75) is 26.8 Å². The summed E-state index contributed by atoms with van der Waals surface area (Å²) >= 11 is 1.36. The summed E-state index contributed by atoms with van der Waals surface area (Å²) in [5.41, 5.74) is 3.70. The van der Waals surface area contributed by atoms with E-state index in [1.807, 2.05) is 31.4 Å². The molecule has 4 rings (SSSR count). The first-order valence-corrected chi connectivity index (χ1v) is 10.4. The van der Waals surface area contributed by atoms with Crippen LogP contribution in [0.1, 0.15) is 17.5 Å². The Hall–Kier alpha value is -3.52. The van der Waals surface area contributed by atoms with E-state index in [-0.39, 0.29) is 18.9 Å². The quantitative estimate of drug-likeness (QED) is 0.517. The molecule has 0 aliphatic heterocycles. The number of nitrogens with one attached hydrogen (secondary N) is 2. The van der Waals surface area contributed by atoms with Gasteiger partial charge in [0.15, 0.2) is 5.13 Å². The number of aryl methyl sites for hydroxylation is 3. The summed E-state index contributed by atoms with van der Waals surface area (Å²) in [7, 11) is 0. The highest BCUT2D eigenvalue weighted by molar-refractivity contribution is 7.14. The average molecular weight is 420 g/mol. The molecule has 0 bridgehead atoms. The molecule has 2 N–H and O–H groups in total. The molecule has 2 aromatic heterocycles. The van der Waals surface area contributed by atoms with Crippen LogP contribution in [0.15, 0.2) is 57.4 Å². The maximum Gasteiger partial charge on any atom is 0.328 e. The Bertz CT molecular complexity index is 1370. The number of thiazole rings is 1. The summed E-state index contributed by atoms with van der Waals surface area (Å²) < 4.78 is 1.40. The molecule has 2 heterocycles. The second-order valence-corrected chi connectivity index (χ2v) is 7.94. The zero-order valence-corrected chi connectivity index (χ0v) is 17.4. The van der Waals surface area contributed by atoms with Crippen molar-refractivity contribution in [2.75, 3.05) is 5.32 Å². The van der Waals surface area contributed by atoms with Crippen LogP contribution in [0, 0.1) is 13.8 Å². The number of benzene rings is 2. The molecule has 0 saturated carbocycles. The fraction of sp³-hybridized carbons (Fsp3) is 0.182. The third-order valence-electron chi connectivity index (χ3n) is 4.88. The Labute approximate surface area is 176 Å². The molecule has 1 amide bonds. The maximum atomic E-state index is 12.4. The second-order valence-electron chi connectivity index (χ2n) is 7.08. The van der Waals surface area contributed by atoms with Gasteiger partial charge < -0.3 is 5.32 Å². The minimum absolute atomic E-state index is 0.0778. The Balaban J connectivity index is 1.48. The Morgan fingerprint density at radius 3 is 2.77 bits per heavy atom. The van der Waals surface area contributed by atoms with Gasteiger partial charge in [0.2, 0.25) is 5.91 Å². The van der Waals surface area contributed by atoms with Gasteiger partial charge in [-0.3, -0.25) is 19.1 Å². The van der Waals surface area contributed by atoms with Gasteiger partial charge in [0.05, 0.1) is 16.6 Å². The Kier molecular flexibility index (Phi) is 5.33. The van der Waals surface area contributed by atoms with Crippen LogP contribution in [0.5, 0.6) is 0 Å². The number of hydrogen-bond acceptors (Lipinski definition) is 5. The van der Waals surface area contributed by atoms with E-state index in [2.05, 4.69) is 21.4 Å². The SMILES string of the molecule is Cc1ccc(-c2csc(NC(=O)CCn3c(=O)[nH]c(=O)c4ccccc43)n2)c(C)c1. The first kappa shape index (κ1) is 19.8. The molecular weight excluding hydrogens is 400 g/mol. The van der Waals surface area contributed by atoms with Crippen molar-refractivity contribution in [1.29, 1.82) is 0 Å². The van der Waals surface area contributed by atoms with Crippen LogP contribution in [0.25, 0.3) is 22.2 Å². The number of aromatic amines is 1. The summed E-state index contributed by atoms with van der Waals surface area (Å²) in [6.45, 7) is 4.23. The summed E-state index contributed by atoms with van der Waals surface area (Å²) in [5.74, 6) is -0.251. The number of nitrogens with zero attached hydrogens (tertiary/aromatic N) is 2. The standard InChI is InChI=1S/C22H20N4O3S/c1-13-7-8-15(14(2)11-13)17-12-30-21(23-17)24-19(27)9-10-26-18-6-4-3-5-16(18)20(28)25-22(26)29/h3-8,11-12H,9-10H2,1-2H3,(H,23,24,27)(H,25,28,29). The normalized spacial score (nSPS) is 11.0. The van der Waals surface area contributed by atoms with Crippen LogP contribution in [0.2, 0.25) is 0 Å². The predicted octanol–water partition coefficient (Wildman–Crippen LogP) is 3.46. The van der Waals surface area contributed by atoms with Crippen molar-refractivity contribution in [2.24, 2.45) is 0 Å². The average Bonchev–Trinajstić information content (AvgIpc) is 3.15. The zero-order chi connectivity index (χ0) is 21.3. The molecule has 0 spiro atoms. The number of amides is 1. The van der Waals surface area contributed by atoms with Gasteiger partial charge in [0.25, 0.3) is 5.56 Å². The molecule has 152 valence electrons. The molecular formula is C22H20N4O3S. The van der Waals surface area contributed by atoms with E-state index < -0.39 is 11.2 Å². The monoisotopic (exact) mass is 420 g/mol. The number of para-hydroxylation sites is 1. The topological polar surface area (TPSA) is 96.9 Å². The number of anilines is 1. The van der Waals surface area contributed by atoms with Gasteiger partial charge in [0, 0.05) is 23.9 Å². The van der Waals surface area contributed by atoms with E-state index in [1.54, 1.807) is 24.3 Å². The number of H-pyrrole nitrogens is 1. The van der Waals surface area contributed by atoms with Crippen molar-refractivity contribution in [1.82, 2.24) is 14.5 Å². The smallest absolute Gasteiger partial charge is 0.302 e. The van der Waals surface area contributed by atoms with Crippen molar-refractivity contribution >= 4 is 33.3 Å². The third kappa shape index (κ3) is 3.95. The molecule has 4 aromatic rings. The summed E-state index contributed by atoms with van der Waals surface area (Å²) in [6.07, 6.45) is 0.0778. The number of rotatable bonds is 5. The highest BCUT2D eigenvalue weighted by atomic mass is 32.1. The highest BCUT2D eigenvalue weighted by Gasteiger charge is 2.12. The zero-order valence-electron chi connectivity index (χ0n) is 16.6. The minimum Gasteiger partial charge on any atom is -0.302 e. The Morgan fingerprint density at radius 1 is 1.17 bits per heavy atom. The molecule has 0 saturated heterocycles. The summed E-state index contributed by atoms with van der Waals surface area (Å²) in [5, 5.41) is 5.62. The number of hydrogen-bond donors (Lipinski definition) is 2. The Morgan fingerprint density at radius 2 is 1.97 bits per heavy atom. The molecule has 0 aliphatic rings. The lowest BCUT2D eigenvalue weighted by atomic mass is 10.0. The molecule has 0 atom stereocenters. The van der Waals surface area contributed by atoms with Crippen molar-refractivity contribution < 1.29 is 4.79 Å². The molecule has 7 nitrogen and oxygen atoms in total. The molecule has 30 heavy (non-hydrogen) atoms. The van der Waals surface area contributed by atoms with Crippen LogP contribution in [-0.2, 0) is 11.3 Å². The molecule has 0 radical (unpaired) electrons. The molecule has 8 heteroatoms. The van der Waals surface area contributed by atoms with Crippen LogP contribution in [0.4, 0.5) is 5.13 Å². The van der Waals surface area contributed by atoms with E-state index in [4.69, 9.17) is 0 Å². The molecule has 0 unspecified atom stereocenters. The van der Waals surface area contributed by atoms with Crippen LogP contribution in [-0.4, -0.2) is 20.4 Å². The van der Waals surface area contributed by atoms with Crippen molar-refractivity contribution in [3.63, 3.8) is 0 Å². The predicted molar refractivity (Wildman–Crippen MR) is 119 cm³/mol. The van der Waals surface area contributed by atoms with Gasteiger partial charge in [-0.15, -0.1) is 11.3 Å². The first-order valence-electron chi connectivity index (χ1n) is 9.47. The lowest BCUT2D eigenvalue weighted by Crippen LogP contribution is -2.31. The molecule has 0 aliphatic carbocycles. The number of fused-ring (bicyclic) bond motifs is 1. The largest absolute Gasteiger partial charge is 0.328 e. The molecule has 0 fully saturated rings. The number of aromatic nitrogens is 3. The van der Waals surface area contributed by atoms with Gasteiger partial charge in [-0.25, -0.2) is 9.78 Å². The second kappa shape index (κ2) is 8.08. The lowest BCUT2D eigenvalue weighted by molar-refractivity contribution is -0.116. The minimum atomic E-state index is -0.530. The van der Waals surface area contributed by atoms with Gasteiger partial charge in [-0.2, -0.15) is 0 Å². The number of carbonyl (C=O) groups is 1. The van der Waals surface area contributed by atoms with E-state index in [9.17, 15) is 14.4 Å². The highest BCUT2D eigenvalue weighted by Crippen LogP contribution is 2.28. The first-order chi connectivity index (χ1) is 14.4. The van der Waals surface area contributed by atoms with E-state index >= 15 is 0 Å². The van der Waals surface area contributed by atoms with Gasteiger partial charge >= 0.3 is 5.69 Å². The fourth-order valence-corrected chi connectivity index (χ4v) is 4.14. The number of carbonyl (C=O) groups excluding carboxylic acids is 1.